The Balaban J connectivity index is 2.33. The lowest BCUT2D eigenvalue weighted by Gasteiger charge is -2.24. The lowest BCUT2D eigenvalue weighted by Crippen LogP contribution is -2.49. The Labute approximate surface area is 156 Å². The monoisotopic (exact) mass is 380 g/mol. The van der Waals surface area contributed by atoms with E-state index in [1.54, 1.807) is 6.07 Å². The normalized spacial score (nSPS) is 10.5. The number of amides is 2. The van der Waals surface area contributed by atoms with E-state index in [2.05, 4.69) is 0 Å². The van der Waals surface area contributed by atoms with Crippen molar-refractivity contribution in [2.45, 2.75) is 18.4 Å². The molecule has 2 aromatic rings. The van der Waals surface area contributed by atoms with Crippen molar-refractivity contribution in [1.82, 2.24) is 5.01 Å². The first-order chi connectivity index (χ1) is 11.8. The van der Waals surface area contributed by atoms with Gasteiger partial charge in [-0.15, -0.1) is 11.8 Å². The number of anilines is 1. The standard InChI is InChI=1S/C17H21ClN4O2S/c1-11-7-8-15(13(18)9-11)24-10-12-14(5-4-6-16(12)25-3)22(20)17(23)21(2)19/h4-9H,10,19-20H2,1-3H3. The first kappa shape index (κ1) is 19.4. The number of ether oxygens (including phenoxy) is 1. The fraction of sp³-hybridized carbons (Fsp3) is 0.235. The lowest BCUT2D eigenvalue weighted by molar-refractivity contribution is 0.216. The van der Waals surface area contributed by atoms with Crippen LogP contribution in [-0.4, -0.2) is 24.3 Å². The highest BCUT2D eigenvalue weighted by Gasteiger charge is 2.20. The summed E-state index contributed by atoms with van der Waals surface area (Å²) in [6.45, 7) is 2.17. The van der Waals surface area contributed by atoms with Crippen LogP contribution in [0.1, 0.15) is 11.1 Å². The van der Waals surface area contributed by atoms with Crippen LogP contribution < -0.4 is 21.4 Å². The molecule has 2 amide bonds. The molecule has 2 rings (SSSR count). The molecule has 0 saturated carbocycles. The van der Waals surface area contributed by atoms with Crippen molar-refractivity contribution in [2.24, 2.45) is 11.7 Å². The van der Waals surface area contributed by atoms with Gasteiger partial charge in [0.2, 0.25) is 0 Å². The average Bonchev–Trinajstić information content (AvgIpc) is 2.59. The highest BCUT2D eigenvalue weighted by atomic mass is 35.5. The molecule has 0 spiro atoms. The van der Waals surface area contributed by atoms with Crippen LogP contribution in [0.25, 0.3) is 0 Å². The molecule has 0 bridgehead atoms. The van der Waals surface area contributed by atoms with E-state index >= 15 is 0 Å². The Bertz CT molecular complexity index is 770. The summed E-state index contributed by atoms with van der Waals surface area (Å²) >= 11 is 7.76. The van der Waals surface area contributed by atoms with Crippen LogP contribution in [0.3, 0.4) is 0 Å². The van der Waals surface area contributed by atoms with Crippen molar-refractivity contribution >= 4 is 35.1 Å². The number of benzene rings is 2. The van der Waals surface area contributed by atoms with Crippen molar-refractivity contribution < 1.29 is 9.53 Å². The van der Waals surface area contributed by atoms with Crippen molar-refractivity contribution in [3.63, 3.8) is 0 Å². The number of rotatable bonds is 5. The minimum absolute atomic E-state index is 0.213. The van der Waals surface area contributed by atoms with Gasteiger partial charge in [-0.3, -0.25) is 5.01 Å². The second-order valence-electron chi connectivity index (χ2n) is 5.44. The van der Waals surface area contributed by atoms with E-state index in [9.17, 15) is 4.79 Å². The third-order valence-electron chi connectivity index (χ3n) is 3.55. The number of hydrazine groups is 2. The van der Waals surface area contributed by atoms with Gasteiger partial charge in [0.25, 0.3) is 0 Å². The zero-order chi connectivity index (χ0) is 18.6. The number of aryl methyl sites for hydroxylation is 1. The summed E-state index contributed by atoms with van der Waals surface area (Å²) in [5, 5.41) is 2.47. The van der Waals surface area contributed by atoms with Crippen LogP contribution >= 0.6 is 23.4 Å². The lowest BCUT2D eigenvalue weighted by atomic mass is 10.1. The van der Waals surface area contributed by atoms with Gasteiger partial charge in [-0.2, -0.15) is 0 Å². The predicted octanol–water partition coefficient (Wildman–Crippen LogP) is 3.55. The Morgan fingerprint density at radius 1 is 1.28 bits per heavy atom. The molecule has 4 N–H and O–H groups in total. The van der Waals surface area contributed by atoms with Crippen LogP contribution in [0.2, 0.25) is 5.02 Å². The summed E-state index contributed by atoms with van der Waals surface area (Å²) < 4.78 is 5.87. The number of carbonyl (C=O) groups is 1. The van der Waals surface area contributed by atoms with E-state index in [1.165, 1.54) is 18.8 Å². The van der Waals surface area contributed by atoms with Gasteiger partial charge in [0.15, 0.2) is 0 Å². The SMILES string of the molecule is CSc1cccc(N(N)C(=O)N(C)N)c1COc1ccc(C)cc1Cl. The zero-order valence-electron chi connectivity index (χ0n) is 14.3. The van der Waals surface area contributed by atoms with E-state index in [0.717, 1.165) is 26.0 Å². The van der Waals surface area contributed by atoms with Gasteiger partial charge < -0.3 is 4.74 Å². The average molecular weight is 381 g/mol. The van der Waals surface area contributed by atoms with Gasteiger partial charge in [-0.1, -0.05) is 23.7 Å². The molecule has 0 fully saturated rings. The Hall–Kier alpha value is -1.93. The minimum atomic E-state index is -0.534. The van der Waals surface area contributed by atoms with Gasteiger partial charge in [0, 0.05) is 17.5 Å². The summed E-state index contributed by atoms with van der Waals surface area (Å²) in [5.41, 5.74) is 2.36. The molecule has 0 unspecified atom stereocenters. The third-order valence-corrected chi connectivity index (χ3v) is 4.67. The molecule has 6 nitrogen and oxygen atoms in total. The van der Waals surface area contributed by atoms with E-state index in [-0.39, 0.29) is 6.61 Å². The number of thioether (sulfide) groups is 1. The second-order valence-corrected chi connectivity index (χ2v) is 6.70. The van der Waals surface area contributed by atoms with E-state index in [4.69, 9.17) is 28.0 Å². The van der Waals surface area contributed by atoms with Crippen LogP contribution in [0.15, 0.2) is 41.3 Å². The predicted molar refractivity (Wildman–Crippen MR) is 103 cm³/mol. The summed E-state index contributed by atoms with van der Waals surface area (Å²) in [4.78, 5) is 13.0. The fourth-order valence-corrected chi connectivity index (χ4v) is 3.18. The number of carbonyl (C=O) groups excluding carboxylic acids is 1. The summed E-state index contributed by atoms with van der Waals surface area (Å²) in [7, 11) is 1.43. The van der Waals surface area contributed by atoms with Crippen molar-refractivity contribution in [3.05, 3.63) is 52.5 Å². The number of nitrogens with zero attached hydrogens (tertiary/aromatic N) is 2. The number of hydrogen-bond acceptors (Lipinski definition) is 5. The second kappa shape index (κ2) is 8.44. The van der Waals surface area contributed by atoms with Gasteiger partial charge in [0.1, 0.15) is 12.4 Å². The minimum Gasteiger partial charge on any atom is -0.487 e. The Morgan fingerprint density at radius 2 is 2.00 bits per heavy atom. The van der Waals surface area contributed by atoms with E-state index in [1.807, 2.05) is 43.5 Å². The smallest absolute Gasteiger partial charge is 0.352 e. The van der Waals surface area contributed by atoms with E-state index in [0.29, 0.717) is 16.5 Å². The first-order valence-corrected chi connectivity index (χ1v) is 9.07. The Morgan fingerprint density at radius 3 is 2.60 bits per heavy atom. The van der Waals surface area contributed by atoms with E-state index < -0.39 is 6.03 Å². The van der Waals surface area contributed by atoms with Crippen LogP contribution in [0.4, 0.5) is 10.5 Å². The number of hydrogen-bond donors (Lipinski definition) is 2. The summed E-state index contributed by atoms with van der Waals surface area (Å²) in [6, 6.07) is 10.6. The topological polar surface area (TPSA) is 84.8 Å². The van der Waals surface area contributed by atoms with Crippen LogP contribution in [0.5, 0.6) is 5.75 Å². The molecule has 8 heteroatoms. The molecule has 0 aliphatic rings. The van der Waals surface area contributed by atoms with Gasteiger partial charge in [-0.05, 0) is 43.0 Å². The molecular weight excluding hydrogens is 360 g/mol. The third kappa shape index (κ3) is 4.58. The van der Waals surface area contributed by atoms with Gasteiger partial charge in [-0.25, -0.2) is 21.5 Å². The molecule has 0 atom stereocenters. The molecular formula is C17H21ClN4O2S. The first-order valence-electron chi connectivity index (χ1n) is 7.47. The van der Waals surface area contributed by atoms with Crippen LogP contribution in [0, 0.1) is 6.92 Å². The maximum absolute atomic E-state index is 12.1. The highest BCUT2D eigenvalue weighted by Crippen LogP contribution is 2.32. The summed E-state index contributed by atoms with van der Waals surface area (Å²) in [6.07, 6.45) is 1.94. The zero-order valence-corrected chi connectivity index (χ0v) is 15.9. The van der Waals surface area contributed by atoms with Crippen molar-refractivity contribution in [3.8, 4) is 5.75 Å². The molecule has 0 radical (unpaired) electrons. The molecule has 0 aliphatic carbocycles. The highest BCUT2D eigenvalue weighted by molar-refractivity contribution is 7.98. The van der Waals surface area contributed by atoms with Crippen LogP contribution in [-0.2, 0) is 6.61 Å². The van der Waals surface area contributed by atoms with Crippen molar-refractivity contribution in [2.75, 3.05) is 18.3 Å². The quantitative estimate of drug-likeness (QED) is 0.358. The maximum Gasteiger partial charge on any atom is 0.352 e. The van der Waals surface area contributed by atoms with Crippen molar-refractivity contribution in [1.29, 1.82) is 0 Å². The number of halogens is 1. The molecule has 134 valence electrons. The molecule has 2 aromatic carbocycles. The summed E-state index contributed by atoms with van der Waals surface area (Å²) in [5.74, 6) is 12.0. The molecule has 25 heavy (non-hydrogen) atoms. The largest absolute Gasteiger partial charge is 0.487 e. The molecule has 0 aromatic heterocycles. The number of urea groups is 1. The molecule has 0 saturated heterocycles. The van der Waals surface area contributed by atoms with Gasteiger partial charge >= 0.3 is 6.03 Å². The van der Waals surface area contributed by atoms with Gasteiger partial charge in [0.05, 0.1) is 10.7 Å². The molecule has 0 heterocycles. The fourth-order valence-electron chi connectivity index (χ4n) is 2.26. The molecule has 0 aliphatic heterocycles. The maximum atomic E-state index is 12.1. The Kier molecular flexibility index (Phi) is 6.55. The number of nitrogens with two attached hydrogens (primary N) is 2.